The highest BCUT2D eigenvalue weighted by Gasteiger charge is 2.34. The minimum absolute atomic E-state index is 0.163. The van der Waals surface area contributed by atoms with Gasteiger partial charge in [0.1, 0.15) is 6.61 Å². The lowest BCUT2D eigenvalue weighted by molar-refractivity contribution is 0.0155. The summed E-state index contributed by atoms with van der Waals surface area (Å²) in [7, 11) is 1.62. The van der Waals surface area contributed by atoms with Gasteiger partial charge in [0.05, 0.1) is 31.9 Å². The van der Waals surface area contributed by atoms with Gasteiger partial charge in [0.25, 0.3) is 0 Å². The van der Waals surface area contributed by atoms with Gasteiger partial charge >= 0.3 is 6.09 Å². The molecule has 1 aromatic rings. The van der Waals surface area contributed by atoms with Crippen LogP contribution in [0.4, 0.5) is 4.79 Å². The molecule has 21 heavy (non-hydrogen) atoms. The van der Waals surface area contributed by atoms with E-state index in [4.69, 9.17) is 19.9 Å². The van der Waals surface area contributed by atoms with Crippen molar-refractivity contribution in [2.24, 2.45) is 5.73 Å². The summed E-state index contributed by atoms with van der Waals surface area (Å²) in [6.07, 6.45) is -0.517. The van der Waals surface area contributed by atoms with E-state index in [2.05, 4.69) is 0 Å². The molecule has 6 heteroatoms. The molecule has 2 unspecified atom stereocenters. The van der Waals surface area contributed by atoms with Gasteiger partial charge < -0.3 is 24.8 Å². The molecule has 0 aromatic heterocycles. The van der Waals surface area contributed by atoms with Gasteiger partial charge in [0.15, 0.2) is 0 Å². The van der Waals surface area contributed by atoms with E-state index in [9.17, 15) is 4.79 Å². The highest BCUT2D eigenvalue weighted by molar-refractivity contribution is 5.68. The molecule has 1 aliphatic heterocycles. The molecule has 1 aromatic carbocycles. The molecule has 6 nitrogen and oxygen atoms in total. The van der Waals surface area contributed by atoms with Crippen molar-refractivity contribution in [1.29, 1.82) is 0 Å². The van der Waals surface area contributed by atoms with Crippen molar-refractivity contribution in [1.82, 2.24) is 4.90 Å². The van der Waals surface area contributed by atoms with Gasteiger partial charge in [-0.3, -0.25) is 0 Å². The van der Waals surface area contributed by atoms with Crippen molar-refractivity contribution in [2.45, 2.75) is 18.8 Å². The van der Waals surface area contributed by atoms with Crippen LogP contribution in [0.3, 0.4) is 0 Å². The number of hydrogen-bond donors (Lipinski definition) is 1. The number of nitrogens with zero attached hydrogens (tertiary/aromatic N) is 1. The normalized spacial score (nSPS) is 21.5. The standard InChI is InChI=1S/C15H22N2O4/c1-19-7-8-20-14-10-17(9-13(14)16)15(18)21-11-12-5-3-2-4-6-12/h2-6,13-14H,7-11,16H2,1H3. The molecular formula is C15H22N2O4. The minimum Gasteiger partial charge on any atom is -0.445 e. The van der Waals surface area contributed by atoms with Gasteiger partial charge in [0.2, 0.25) is 0 Å². The third kappa shape index (κ3) is 4.70. The summed E-state index contributed by atoms with van der Waals surface area (Å²) in [4.78, 5) is 13.6. The first-order valence-electron chi connectivity index (χ1n) is 7.02. The number of benzene rings is 1. The number of carbonyl (C=O) groups is 1. The first-order valence-corrected chi connectivity index (χ1v) is 7.02. The lowest BCUT2D eigenvalue weighted by Crippen LogP contribution is -2.35. The van der Waals surface area contributed by atoms with Crippen LogP contribution in [0.15, 0.2) is 30.3 Å². The fourth-order valence-electron chi connectivity index (χ4n) is 2.22. The van der Waals surface area contributed by atoms with Gasteiger partial charge in [-0.05, 0) is 5.56 Å². The Labute approximate surface area is 124 Å². The van der Waals surface area contributed by atoms with Crippen LogP contribution >= 0.6 is 0 Å². The van der Waals surface area contributed by atoms with Crippen molar-refractivity contribution in [3.05, 3.63) is 35.9 Å². The van der Waals surface area contributed by atoms with Crippen LogP contribution in [-0.2, 0) is 20.8 Å². The second-order valence-electron chi connectivity index (χ2n) is 5.01. The van der Waals surface area contributed by atoms with E-state index in [1.54, 1.807) is 12.0 Å². The van der Waals surface area contributed by atoms with E-state index in [0.29, 0.717) is 26.3 Å². The first kappa shape index (κ1) is 15.8. The fourth-order valence-corrected chi connectivity index (χ4v) is 2.22. The zero-order valence-electron chi connectivity index (χ0n) is 12.2. The maximum absolute atomic E-state index is 12.0. The second-order valence-corrected chi connectivity index (χ2v) is 5.01. The summed E-state index contributed by atoms with van der Waals surface area (Å²) in [6, 6.07) is 9.39. The average Bonchev–Trinajstić information content (AvgIpc) is 2.87. The number of carbonyl (C=O) groups excluding carboxylic acids is 1. The van der Waals surface area contributed by atoms with Crippen LogP contribution in [-0.4, -0.2) is 56.6 Å². The summed E-state index contributed by atoms with van der Waals surface area (Å²) >= 11 is 0. The monoisotopic (exact) mass is 294 g/mol. The quantitative estimate of drug-likeness (QED) is 0.792. The predicted molar refractivity (Wildman–Crippen MR) is 77.8 cm³/mol. The zero-order chi connectivity index (χ0) is 15.1. The average molecular weight is 294 g/mol. The van der Waals surface area contributed by atoms with E-state index >= 15 is 0 Å². The molecule has 1 saturated heterocycles. The molecule has 0 spiro atoms. The van der Waals surface area contributed by atoms with Crippen LogP contribution < -0.4 is 5.73 Å². The molecule has 0 aliphatic carbocycles. The number of amides is 1. The van der Waals surface area contributed by atoms with E-state index in [1.807, 2.05) is 30.3 Å². The number of rotatable bonds is 6. The smallest absolute Gasteiger partial charge is 0.410 e. The predicted octanol–water partition coefficient (Wildman–Crippen LogP) is 0.998. The number of nitrogens with two attached hydrogens (primary N) is 1. The van der Waals surface area contributed by atoms with Crippen LogP contribution in [0.2, 0.25) is 0 Å². The van der Waals surface area contributed by atoms with E-state index in [-0.39, 0.29) is 24.8 Å². The Hall–Kier alpha value is -1.63. The Morgan fingerprint density at radius 2 is 2.05 bits per heavy atom. The first-order chi connectivity index (χ1) is 10.2. The van der Waals surface area contributed by atoms with Gasteiger partial charge in [-0.1, -0.05) is 30.3 Å². The Bertz CT molecular complexity index is 441. The third-order valence-electron chi connectivity index (χ3n) is 3.39. The molecule has 1 heterocycles. The highest BCUT2D eigenvalue weighted by atomic mass is 16.6. The molecule has 2 rings (SSSR count). The molecule has 0 saturated carbocycles. The molecule has 2 N–H and O–H groups in total. The van der Waals surface area contributed by atoms with E-state index in [1.165, 1.54) is 0 Å². The maximum atomic E-state index is 12.0. The Balaban J connectivity index is 1.76. The molecule has 0 bridgehead atoms. The van der Waals surface area contributed by atoms with Crippen LogP contribution in [0.1, 0.15) is 5.56 Å². The fraction of sp³-hybridized carbons (Fsp3) is 0.533. The van der Waals surface area contributed by atoms with Crippen molar-refractivity contribution >= 4 is 6.09 Å². The number of methoxy groups -OCH3 is 1. The van der Waals surface area contributed by atoms with Crippen LogP contribution in [0.5, 0.6) is 0 Å². The summed E-state index contributed by atoms with van der Waals surface area (Å²) in [5.74, 6) is 0. The van der Waals surface area contributed by atoms with Crippen LogP contribution in [0.25, 0.3) is 0 Å². The van der Waals surface area contributed by atoms with Crippen molar-refractivity contribution in [3.8, 4) is 0 Å². The van der Waals surface area contributed by atoms with Crippen molar-refractivity contribution in [3.63, 3.8) is 0 Å². The summed E-state index contributed by atoms with van der Waals surface area (Å²) in [5.41, 5.74) is 6.94. The Kier molecular flexibility index (Phi) is 5.98. The molecule has 2 atom stereocenters. The lowest BCUT2D eigenvalue weighted by Gasteiger charge is -2.16. The minimum atomic E-state index is -0.354. The molecule has 0 radical (unpaired) electrons. The Morgan fingerprint density at radius 3 is 2.76 bits per heavy atom. The lowest BCUT2D eigenvalue weighted by atomic mass is 10.2. The summed E-state index contributed by atoms with van der Waals surface area (Å²) < 4.78 is 15.8. The van der Waals surface area contributed by atoms with Gasteiger partial charge in [0, 0.05) is 13.7 Å². The summed E-state index contributed by atoms with van der Waals surface area (Å²) in [6.45, 7) is 2.16. The maximum Gasteiger partial charge on any atom is 0.410 e. The topological polar surface area (TPSA) is 74.0 Å². The SMILES string of the molecule is COCCOC1CN(C(=O)OCc2ccccc2)CC1N. The number of hydrogen-bond acceptors (Lipinski definition) is 5. The van der Waals surface area contributed by atoms with Crippen molar-refractivity contribution in [2.75, 3.05) is 33.4 Å². The van der Waals surface area contributed by atoms with Gasteiger partial charge in [-0.2, -0.15) is 0 Å². The molecule has 116 valence electrons. The van der Waals surface area contributed by atoms with Crippen molar-refractivity contribution < 1.29 is 19.0 Å². The zero-order valence-corrected chi connectivity index (χ0v) is 12.2. The Morgan fingerprint density at radius 1 is 1.29 bits per heavy atom. The molecule has 1 amide bonds. The van der Waals surface area contributed by atoms with E-state index < -0.39 is 0 Å². The van der Waals surface area contributed by atoms with Gasteiger partial charge in [-0.25, -0.2) is 4.79 Å². The largest absolute Gasteiger partial charge is 0.445 e. The molecule has 1 fully saturated rings. The number of likely N-dealkylation sites (tertiary alicyclic amines) is 1. The second kappa shape index (κ2) is 7.97. The highest BCUT2D eigenvalue weighted by Crippen LogP contribution is 2.14. The van der Waals surface area contributed by atoms with Crippen LogP contribution in [0, 0.1) is 0 Å². The third-order valence-corrected chi connectivity index (χ3v) is 3.39. The molecular weight excluding hydrogens is 272 g/mol. The number of ether oxygens (including phenoxy) is 3. The van der Waals surface area contributed by atoms with E-state index in [0.717, 1.165) is 5.56 Å². The van der Waals surface area contributed by atoms with Gasteiger partial charge in [-0.15, -0.1) is 0 Å². The molecule has 1 aliphatic rings. The summed E-state index contributed by atoms with van der Waals surface area (Å²) in [5, 5.41) is 0.